The minimum absolute atomic E-state index is 0.263. The first-order valence-electron chi connectivity index (χ1n) is 5.64. The number of hydrogen-bond donors (Lipinski definition) is 2. The Kier molecular flexibility index (Phi) is 3.07. The minimum Gasteiger partial charge on any atom is -0.329 e. The van der Waals surface area contributed by atoms with Gasteiger partial charge < -0.3 is 11.1 Å². The van der Waals surface area contributed by atoms with E-state index in [0.717, 1.165) is 18.2 Å². The Morgan fingerprint density at radius 2 is 2.40 bits per heavy atom. The molecule has 0 radical (unpaired) electrons. The quantitative estimate of drug-likeness (QED) is 0.750. The van der Waals surface area contributed by atoms with E-state index in [2.05, 4.69) is 16.6 Å². The van der Waals surface area contributed by atoms with E-state index < -0.39 is 0 Å². The van der Waals surface area contributed by atoms with Crippen molar-refractivity contribution in [1.82, 2.24) is 15.1 Å². The third-order valence-corrected chi connectivity index (χ3v) is 3.01. The van der Waals surface area contributed by atoms with E-state index in [4.69, 9.17) is 5.73 Å². The Balaban J connectivity index is 2.00. The molecule has 1 unspecified atom stereocenters. The van der Waals surface area contributed by atoms with Gasteiger partial charge in [0.25, 0.3) is 0 Å². The first-order chi connectivity index (χ1) is 7.20. The molecule has 3 N–H and O–H groups in total. The van der Waals surface area contributed by atoms with Crippen molar-refractivity contribution in [2.24, 2.45) is 18.7 Å². The van der Waals surface area contributed by atoms with Gasteiger partial charge in [-0.25, -0.2) is 0 Å². The summed E-state index contributed by atoms with van der Waals surface area (Å²) in [5, 5.41) is 7.87. The van der Waals surface area contributed by atoms with E-state index >= 15 is 0 Å². The molecule has 15 heavy (non-hydrogen) atoms. The Hall–Kier alpha value is -0.870. The zero-order chi connectivity index (χ0) is 10.8. The SMILES string of the molecule is Cc1nn(C)cc1C(CN)NCC1CC1. The lowest BCUT2D eigenvalue weighted by molar-refractivity contribution is 0.520. The molecule has 0 aromatic carbocycles. The highest BCUT2D eigenvalue weighted by Crippen LogP contribution is 2.28. The third-order valence-electron chi connectivity index (χ3n) is 3.01. The lowest BCUT2D eigenvalue weighted by Gasteiger charge is -2.15. The normalized spacial score (nSPS) is 18.1. The van der Waals surface area contributed by atoms with Gasteiger partial charge >= 0.3 is 0 Å². The first-order valence-corrected chi connectivity index (χ1v) is 5.64. The van der Waals surface area contributed by atoms with Crippen LogP contribution in [0, 0.1) is 12.8 Å². The van der Waals surface area contributed by atoms with Crippen molar-refractivity contribution in [1.29, 1.82) is 0 Å². The van der Waals surface area contributed by atoms with Crippen LogP contribution in [0.25, 0.3) is 0 Å². The van der Waals surface area contributed by atoms with Gasteiger partial charge in [-0.3, -0.25) is 4.68 Å². The maximum Gasteiger partial charge on any atom is 0.0641 e. The smallest absolute Gasteiger partial charge is 0.0641 e. The van der Waals surface area contributed by atoms with E-state index in [1.807, 2.05) is 18.7 Å². The predicted octanol–water partition coefficient (Wildman–Crippen LogP) is 0.728. The number of rotatable bonds is 5. The highest BCUT2D eigenvalue weighted by molar-refractivity contribution is 5.20. The summed E-state index contributed by atoms with van der Waals surface area (Å²) in [7, 11) is 1.95. The fraction of sp³-hybridized carbons (Fsp3) is 0.727. The molecule has 4 nitrogen and oxygen atoms in total. The van der Waals surface area contributed by atoms with Crippen LogP contribution < -0.4 is 11.1 Å². The highest BCUT2D eigenvalue weighted by atomic mass is 15.3. The lowest BCUT2D eigenvalue weighted by Crippen LogP contribution is -2.30. The summed E-state index contributed by atoms with van der Waals surface area (Å²) in [5.41, 5.74) is 8.11. The molecule has 84 valence electrons. The maximum absolute atomic E-state index is 5.79. The fourth-order valence-corrected chi connectivity index (χ4v) is 1.91. The molecule has 1 saturated carbocycles. The molecular weight excluding hydrogens is 188 g/mol. The molecule has 0 spiro atoms. The van der Waals surface area contributed by atoms with Gasteiger partial charge in [-0.1, -0.05) is 0 Å². The second-order valence-electron chi connectivity index (χ2n) is 4.48. The standard InChI is InChI=1S/C11H20N4/c1-8-10(7-15(2)14-8)11(5-12)13-6-9-3-4-9/h7,9,11,13H,3-6,12H2,1-2H3. The summed E-state index contributed by atoms with van der Waals surface area (Å²) < 4.78 is 1.85. The zero-order valence-electron chi connectivity index (χ0n) is 9.53. The molecule has 1 aromatic heterocycles. The molecule has 1 aromatic rings. The molecular formula is C11H20N4. The summed E-state index contributed by atoms with van der Waals surface area (Å²) in [6.45, 7) is 3.77. The molecule has 4 heteroatoms. The second kappa shape index (κ2) is 4.33. The van der Waals surface area contributed by atoms with Crippen LogP contribution in [-0.4, -0.2) is 22.9 Å². The Morgan fingerprint density at radius 1 is 1.67 bits per heavy atom. The molecule has 0 saturated heterocycles. The predicted molar refractivity (Wildman–Crippen MR) is 60.5 cm³/mol. The second-order valence-corrected chi connectivity index (χ2v) is 4.48. The first kappa shape index (κ1) is 10.6. The largest absolute Gasteiger partial charge is 0.329 e. The summed E-state index contributed by atoms with van der Waals surface area (Å²) in [6, 6.07) is 0.263. The molecule has 1 fully saturated rings. The van der Waals surface area contributed by atoms with Crippen LogP contribution in [0.4, 0.5) is 0 Å². The zero-order valence-corrected chi connectivity index (χ0v) is 9.53. The van der Waals surface area contributed by atoms with Crippen LogP contribution in [0.2, 0.25) is 0 Å². The van der Waals surface area contributed by atoms with Crippen LogP contribution in [0.1, 0.15) is 30.1 Å². The van der Waals surface area contributed by atoms with Crippen molar-refractivity contribution < 1.29 is 0 Å². The van der Waals surface area contributed by atoms with E-state index in [0.29, 0.717) is 6.54 Å². The number of nitrogens with two attached hydrogens (primary N) is 1. The van der Waals surface area contributed by atoms with Crippen molar-refractivity contribution in [3.8, 4) is 0 Å². The van der Waals surface area contributed by atoms with E-state index in [-0.39, 0.29) is 6.04 Å². The Labute approximate surface area is 90.8 Å². The monoisotopic (exact) mass is 208 g/mol. The van der Waals surface area contributed by atoms with Gasteiger partial charge in [0.05, 0.1) is 5.69 Å². The molecule has 0 amide bonds. The van der Waals surface area contributed by atoms with E-state index in [1.165, 1.54) is 18.4 Å². The van der Waals surface area contributed by atoms with Crippen LogP contribution in [-0.2, 0) is 7.05 Å². The average Bonchev–Trinajstić information content (AvgIpc) is 2.95. The van der Waals surface area contributed by atoms with Crippen molar-refractivity contribution in [2.75, 3.05) is 13.1 Å². The molecule has 0 aliphatic heterocycles. The van der Waals surface area contributed by atoms with Crippen LogP contribution in [0.3, 0.4) is 0 Å². The molecule has 1 aliphatic carbocycles. The number of hydrogen-bond acceptors (Lipinski definition) is 3. The van der Waals surface area contributed by atoms with Gasteiger partial charge in [0.15, 0.2) is 0 Å². The van der Waals surface area contributed by atoms with E-state index in [1.54, 1.807) is 0 Å². The van der Waals surface area contributed by atoms with Crippen molar-refractivity contribution in [3.05, 3.63) is 17.5 Å². The summed E-state index contributed by atoms with van der Waals surface area (Å²) in [5.74, 6) is 0.885. The number of aromatic nitrogens is 2. The summed E-state index contributed by atoms with van der Waals surface area (Å²) in [6.07, 6.45) is 4.80. The molecule has 0 bridgehead atoms. The van der Waals surface area contributed by atoms with Gasteiger partial charge in [0.2, 0.25) is 0 Å². The maximum atomic E-state index is 5.79. The van der Waals surface area contributed by atoms with Gasteiger partial charge in [0.1, 0.15) is 0 Å². The molecule has 1 aliphatic rings. The van der Waals surface area contributed by atoms with Crippen LogP contribution >= 0.6 is 0 Å². The average molecular weight is 208 g/mol. The summed E-state index contributed by atoms with van der Waals surface area (Å²) >= 11 is 0. The molecule has 1 atom stereocenters. The number of nitrogens with one attached hydrogen (secondary N) is 1. The van der Waals surface area contributed by atoms with Gasteiger partial charge in [-0.15, -0.1) is 0 Å². The minimum atomic E-state index is 0.263. The molecule has 2 rings (SSSR count). The van der Waals surface area contributed by atoms with Gasteiger partial charge in [0, 0.05) is 31.4 Å². The number of aryl methyl sites for hydroxylation is 2. The van der Waals surface area contributed by atoms with Crippen LogP contribution in [0.5, 0.6) is 0 Å². The third kappa shape index (κ3) is 2.58. The fourth-order valence-electron chi connectivity index (χ4n) is 1.91. The van der Waals surface area contributed by atoms with Crippen molar-refractivity contribution in [3.63, 3.8) is 0 Å². The Morgan fingerprint density at radius 3 is 2.87 bits per heavy atom. The number of nitrogens with zero attached hydrogens (tertiary/aromatic N) is 2. The van der Waals surface area contributed by atoms with E-state index in [9.17, 15) is 0 Å². The van der Waals surface area contributed by atoms with Gasteiger partial charge in [-0.05, 0) is 32.2 Å². The van der Waals surface area contributed by atoms with Crippen molar-refractivity contribution >= 4 is 0 Å². The van der Waals surface area contributed by atoms with Crippen molar-refractivity contribution in [2.45, 2.75) is 25.8 Å². The highest BCUT2D eigenvalue weighted by Gasteiger charge is 2.23. The van der Waals surface area contributed by atoms with Gasteiger partial charge in [-0.2, -0.15) is 5.10 Å². The summed E-state index contributed by atoms with van der Waals surface area (Å²) in [4.78, 5) is 0. The lowest BCUT2D eigenvalue weighted by atomic mass is 10.1. The molecule has 1 heterocycles. The topological polar surface area (TPSA) is 55.9 Å². The Bertz CT molecular complexity index is 327. The van der Waals surface area contributed by atoms with Crippen LogP contribution in [0.15, 0.2) is 6.20 Å².